The van der Waals surface area contributed by atoms with Crippen molar-refractivity contribution in [1.82, 2.24) is 10.1 Å². The summed E-state index contributed by atoms with van der Waals surface area (Å²) in [7, 11) is 0. The highest BCUT2D eigenvalue weighted by atomic mass is 16.5. The molecule has 2 N–H and O–H groups in total. The summed E-state index contributed by atoms with van der Waals surface area (Å²) < 4.78 is 5.03. The van der Waals surface area contributed by atoms with E-state index in [-0.39, 0.29) is 11.3 Å². The number of aryl methyl sites for hydroxylation is 1. The van der Waals surface area contributed by atoms with Crippen molar-refractivity contribution in [3.63, 3.8) is 0 Å². The predicted molar refractivity (Wildman–Crippen MR) is 70.3 cm³/mol. The molecule has 0 radical (unpaired) electrons. The van der Waals surface area contributed by atoms with Crippen LogP contribution in [0.4, 0.5) is 0 Å². The van der Waals surface area contributed by atoms with Crippen molar-refractivity contribution in [3.05, 3.63) is 17.5 Å². The fourth-order valence-corrected chi connectivity index (χ4v) is 1.74. The van der Waals surface area contributed by atoms with Gasteiger partial charge in [-0.15, -0.1) is 0 Å². The van der Waals surface area contributed by atoms with E-state index < -0.39 is 0 Å². The van der Waals surface area contributed by atoms with Gasteiger partial charge in [0.05, 0.1) is 6.20 Å². The molecule has 5 nitrogen and oxygen atoms in total. The summed E-state index contributed by atoms with van der Waals surface area (Å²) >= 11 is 0. The predicted octanol–water partition coefficient (Wildman–Crippen LogP) is 1.82. The molecule has 0 atom stereocenters. The molecule has 0 spiro atoms. The van der Waals surface area contributed by atoms with E-state index in [1.54, 1.807) is 11.1 Å². The number of nitrogens with two attached hydrogens (primary N) is 1. The Morgan fingerprint density at radius 2 is 2.22 bits per heavy atom. The first-order chi connectivity index (χ1) is 8.41. The van der Waals surface area contributed by atoms with Gasteiger partial charge in [0.1, 0.15) is 0 Å². The van der Waals surface area contributed by atoms with Crippen LogP contribution in [0, 0.1) is 12.3 Å². The molecular formula is C13H23N3O2. The smallest absolute Gasteiger partial charge is 0.292 e. The third-order valence-corrected chi connectivity index (χ3v) is 2.89. The maximum Gasteiger partial charge on any atom is 0.292 e. The van der Waals surface area contributed by atoms with Gasteiger partial charge in [-0.05, 0) is 25.3 Å². The fraction of sp³-hybridized carbons (Fsp3) is 0.692. The first-order valence-corrected chi connectivity index (χ1v) is 6.32. The summed E-state index contributed by atoms with van der Waals surface area (Å²) in [4.78, 5) is 14.2. The van der Waals surface area contributed by atoms with Gasteiger partial charge in [-0.3, -0.25) is 4.79 Å². The Morgan fingerprint density at radius 3 is 2.67 bits per heavy atom. The van der Waals surface area contributed by atoms with Gasteiger partial charge < -0.3 is 15.2 Å². The third kappa shape index (κ3) is 3.57. The first-order valence-electron chi connectivity index (χ1n) is 6.32. The number of carbonyl (C=O) groups excluding carboxylic acids is 1. The average molecular weight is 253 g/mol. The van der Waals surface area contributed by atoms with E-state index in [1.807, 2.05) is 13.8 Å². The first kappa shape index (κ1) is 14.7. The number of aromatic nitrogens is 1. The van der Waals surface area contributed by atoms with E-state index in [0.717, 1.165) is 12.0 Å². The van der Waals surface area contributed by atoms with Gasteiger partial charge in [-0.25, -0.2) is 0 Å². The second kappa shape index (κ2) is 6.00. The van der Waals surface area contributed by atoms with Crippen LogP contribution >= 0.6 is 0 Å². The SMILES string of the molecule is CCCN(CC(C)(C)CN)C(=O)c1oncc1C. The highest BCUT2D eigenvalue weighted by molar-refractivity contribution is 5.92. The molecule has 1 rings (SSSR count). The molecule has 0 fully saturated rings. The van der Waals surface area contributed by atoms with Gasteiger partial charge in [0.15, 0.2) is 0 Å². The molecule has 1 aromatic heterocycles. The Labute approximate surface area is 108 Å². The van der Waals surface area contributed by atoms with Crippen molar-refractivity contribution in [3.8, 4) is 0 Å². The van der Waals surface area contributed by atoms with E-state index >= 15 is 0 Å². The van der Waals surface area contributed by atoms with Gasteiger partial charge in [0, 0.05) is 18.7 Å². The van der Waals surface area contributed by atoms with Crippen LogP contribution in [-0.2, 0) is 0 Å². The fourth-order valence-electron chi connectivity index (χ4n) is 1.74. The van der Waals surface area contributed by atoms with Crippen LogP contribution in [-0.4, -0.2) is 35.6 Å². The molecule has 5 heteroatoms. The van der Waals surface area contributed by atoms with Crippen LogP contribution < -0.4 is 5.73 Å². The summed E-state index contributed by atoms with van der Waals surface area (Å²) in [5.74, 6) is 0.227. The van der Waals surface area contributed by atoms with Crippen molar-refractivity contribution in [2.45, 2.75) is 34.1 Å². The van der Waals surface area contributed by atoms with Crippen molar-refractivity contribution in [2.75, 3.05) is 19.6 Å². The molecule has 0 bridgehead atoms. The Bertz CT molecular complexity index is 399. The van der Waals surface area contributed by atoms with Gasteiger partial charge in [0.2, 0.25) is 5.76 Å². The van der Waals surface area contributed by atoms with E-state index in [0.29, 0.717) is 25.4 Å². The minimum Gasteiger partial charge on any atom is -0.351 e. The second-order valence-electron chi connectivity index (χ2n) is 5.43. The van der Waals surface area contributed by atoms with Crippen molar-refractivity contribution >= 4 is 5.91 Å². The zero-order valence-corrected chi connectivity index (χ0v) is 11.7. The lowest BCUT2D eigenvalue weighted by molar-refractivity contribution is 0.0647. The number of carbonyl (C=O) groups is 1. The number of hydrogen-bond acceptors (Lipinski definition) is 4. The zero-order valence-electron chi connectivity index (χ0n) is 11.7. The number of amides is 1. The molecular weight excluding hydrogens is 230 g/mol. The Kier molecular flexibility index (Phi) is 4.90. The molecule has 0 unspecified atom stereocenters. The molecule has 0 aliphatic rings. The summed E-state index contributed by atoms with van der Waals surface area (Å²) in [5, 5.41) is 3.65. The third-order valence-electron chi connectivity index (χ3n) is 2.89. The van der Waals surface area contributed by atoms with E-state index in [2.05, 4.69) is 19.0 Å². The normalized spacial score (nSPS) is 11.6. The molecule has 0 aliphatic carbocycles. The van der Waals surface area contributed by atoms with Crippen LogP contribution in [0.25, 0.3) is 0 Å². The summed E-state index contributed by atoms with van der Waals surface area (Å²) in [6, 6.07) is 0. The van der Waals surface area contributed by atoms with Gasteiger partial charge in [-0.1, -0.05) is 25.9 Å². The minimum atomic E-state index is -0.103. The number of hydrogen-bond donors (Lipinski definition) is 1. The summed E-state index contributed by atoms with van der Waals surface area (Å²) in [6.07, 6.45) is 2.46. The average Bonchev–Trinajstić information content (AvgIpc) is 2.74. The summed E-state index contributed by atoms with van der Waals surface area (Å²) in [6.45, 7) is 9.83. The lowest BCUT2D eigenvalue weighted by Gasteiger charge is -2.31. The van der Waals surface area contributed by atoms with E-state index in [1.165, 1.54) is 0 Å². The van der Waals surface area contributed by atoms with Gasteiger partial charge in [0.25, 0.3) is 5.91 Å². The van der Waals surface area contributed by atoms with Crippen molar-refractivity contribution in [1.29, 1.82) is 0 Å². The Hall–Kier alpha value is -1.36. The Balaban J connectivity index is 2.85. The van der Waals surface area contributed by atoms with Crippen molar-refractivity contribution in [2.24, 2.45) is 11.1 Å². The van der Waals surface area contributed by atoms with Gasteiger partial charge in [-0.2, -0.15) is 0 Å². The molecule has 102 valence electrons. The van der Waals surface area contributed by atoms with Gasteiger partial charge >= 0.3 is 0 Å². The second-order valence-corrected chi connectivity index (χ2v) is 5.43. The standard InChI is InChI=1S/C13H23N3O2/c1-5-6-16(9-13(3,4)8-14)12(17)11-10(2)7-15-18-11/h7H,5-6,8-9,14H2,1-4H3. The summed E-state index contributed by atoms with van der Waals surface area (Å²) in [5.41, 5.74) is 6.40. The van der Waals surface area contributed by atoms with Crippen LogP contribution in [0.15, 0.2) is 10.7 Å². The Morgan fingerprint density at radius 1 is 1.56 bits per heavy atom. The molecule has 1 aromatic rings. The topological polar surface area (TPSA) is 72.4 Å². The largest absolute Gasteiger partial charge is 0.351 e. The molecule has 0 saturated carbocycles. The van der Waals surface area contributed by atoms with E-state index in [9.17, 15) is 4.79 Å². The lowest BCUT2D eigenvalue weighted by atomic mass is 9.93. The van der Waals surface area contributed by atoms with Crippen LogP contribution in [0.2, 0.25) is 0 Å². The minimum absolute atomic E-state index is 0.0985. The molecule has 18 heavy (non-hydrogen) atoms. The zero-order chi connectivity index (χ0) is 13.8. The van der Waals surface area contributed by atoms with Crippen LogP contribution in [0.1, 0.15) is 43.3 Å². The van der Waals surface area contributed by atoms with Crippen LogP contribution in [0.5, 0.6) is 0 Å². The maximum absolute atomic E-state index is 12.4. The molecule has 1 heterocycles. The van der Waals surface area contributed by atoms with Crippen LogP contribution in [0.3, 0.4) is 0 Å². The maximum atomic E-state index is 12.4. The molecule has 0 aromatic carbocycles. The molecule has 1 amide bonds. The monoisotopic (exact) mass is 253 g/mol. The highest BCUT2D eigenvalue weighted by Gasteiger charge is 2.26. The van der Waals surface area contributed by atoms with Crippen molar-refractivity contribution < 1.29 is 9.32 Å². The number of rotatable bonds is 6. The molecule has 0 saturated heterocycles. The quantitative estimate of drug-likeness (QED) is 0.839. The molecule has 0 aliphatic heterocycles. The number of nitrogens with zero attached hydrogens (tertiary/aromatic N) is 2. The lowest BCUT2D eigenvalue weighted by Crippen LogP contribution is -2.42. The highest BCUT2D eigenvalue weighted by Crippen LogP contribution is 2.18. The van der Waals surface area contributed by atoms with E-state index in [4.69, 9.17) is 10.3 Å².